The Labute approximate surface area is 195 Å². The van der Waals surface area contributed by atoms with Gasteiger partial charge < -0.3 is 16.0 Å². The van der Waals surface area contributed by atoms with E-state index in [1.165, 1.54) is 23.9 Å². The predicted octanol–water partition coefficient (Wildman–Crippen LogP) is 4.40. The molecule has 0 aromatic carbocycles. The van der Waals surface area contributed by atoms with E-state index in [-0.39, 0.29) is 6.04 Å². The Kier molecular flexibility index (Phi) is 9.60. The zero-order valence-electron chi connectivity index (χ0n) is 18.9. The van der Waals surface area contributed by atoms with Crippen LogP contribution in [0.15, 0.2) is 11.6 Å². The molecule has 0 amide bonds. The van der Waals surface area contributed by atoms with Gasteiger partial charge in [-0.05, 0) is 32.1 Å². The average molecular weight is 474 g/mol. The molecule has 0 saturated carbocycles. The van der Waals surface area contributed by atoms with Crippen molar-refractivity contribution in [2.45, 2.75) is 58.5 Å². The molecule has 3 rings (SSSR count). The van der Waals surface area contributed by atoms with E-state index in [1.54, 1.807) is 5.51 Å². The van der Waals surface area contributed by atoms with E-state index >= 15 is 0 Å². The number of fused-ring (bicyclic) bond motifs is 1. The quantitative estimate of drug-likeness (QED) is 0.200. The van der Waals surface area contributed by atoms with Crippen LogP contribution >= 0.6 is 19.9 Å². The van der Waals surface area contributed by atoms with Crippen LogP contribution in [0.4, 0.5) is 17.6 Å². The standard InChI is InChI=1S/C21H32N9PS/c1-4-9-31-12-16(11-15(5-2)23-8-6-7-22)25-19-18-20(32-13-24-18)28-21(27-19)26-17-10-14(3)29-30-17/h10,13,15-16,23,31H,4-6,8-9,11-12H2,1-3H3,(H3,25,26,27,28,29,30). The predicted molar refractivity (Wildman–Crippen MR) is 134 cm³/mol. The third-order valence-corrected chi connectivity index (χ3v) is 7.39. The second kappa shape index (κ2) is 12.6. The Morgan fingerprint density at radius 2 is 2.16 bits per heavy atom. The number of nitrogens with zero attached hydrogens (tertiary/aromatic N) is 5. The minimum absolute atomic E-state index is 0.264. The summed E-state index contributed by atoms with van der Waals surface area (Å²) in [4.78, 5) is 14.7. The Morgan fingerprint density at radius 1 is 1.28 bits per heavy atom. The lowest BCUT2D eigenvalue weighted by Crippen LogP contribution is -2.36. The number of nitrogens with one attached hydrogen (secondary N) is 4. The Bertz CT molecular complexity index is 1010. The first kappa shape index (κ1) is 24.3. The average Bonchev–Trinajstić information content (AvgIpc) is 3.42. The van der Waals surface area contributed by atoms with Crippen LogP contribution in [0.3, 0.4) is 0 Å². The third-order valence-electron chi connectivity index (χ3n) is 5.03. The summed E-state index contributed by atoms with van der Waals surface area (Å²) in [6.45, 7) is 7.09. The number of aryl methyl sites for hydroxylation is 1. The summed E-state index contributed by atoms with van der Waals surface area (Å²) in [6.07, 6.45) is 6.03. The number of anilines is 3. The fraction of sp³-hybridized carbons (Fsp3) is 0.571. The van der Waals surface area contributed by atoms with Gasteiger partial charge in [0.2, 0.25) is 5.95 Å². The maximum Gasteiger partial charge on any atom is 0.231 e. The summed E-state index contributed by atoms with van der Waals surface area (Å²) in [5.74, 6) is 1.94. The van der Waals surface area contributed by atoms with Crippen molar-refractivity contribution in [1.29, 1.82) is 5.26 Å². The molecule has 3 atom stereocenters. The lowest BCUT2D eigenvalue weighted by molar-refractivity contribution is 0.454. The first-order valence-electron chi connectivity index (χ1n) is 11.1. The highest BCUT2D eigenvalue weighted by molar-refractivity contribution is 7.38. The van der Waals surface area contributed by atoms with Gasteiger partial charge in [0.05, 0.1) is 11.6 Å². The van der Waals surface area contributed by atoms with Gasteiger partial charge in [0.25, 0.3) is 0 Å². The summed E-state index contributed by atoms with van der Waals surface area (Å²) in [6, 6.07) is 4.74. The number of H-pyrrole nitrogens is 1. The Hall–Kier alpha value is -2.34. The largest absolute Gasteiger partial charge is 0.365 e. The van der Waals surface area contributed by atoms with Crippen LogP contribution in [-0.4, -0.2) is 56.1 Å². The van der Waals surface area contributed by atoms with Crippen LogP contribution < -0.4 is 16.0 Å². The van der Waals surface area contributed by atoms with Crippen molar-refractivity contribution >= 4 is 47.8 Å². The molecule has 172 valence electrons. The number of aromatic amines is 1. The van der Waals surface area contributed by atoms with Crippen molar-refractivity contribution in [1.82, 2.24) is 30.5 Å². The molecule has 0 bridgehead atoms. The van der Waals surface area contributed by atoms with Gasteiger partial charge >= 0.3 is 0 Å². The fourth-order valence-electron chi connectivity index (χ4n) is 3.42. The minimum atomic E-state index is 0.264. The monoisotopic (exact) mass is 473 g/mol. The molecule has 0 aliphatic heterocycles. The molecule has 0 saturated heterocycles. The van der Waals surface area contributed by atoms with Crippen molar-refractivity contribution in [3.05, 3.63) is 17.3 Å². The van der Waals surface area contributed by atoms with Gasteiger partial charge in [0.1, 0.15) is 5.52 Å². The maximum absolute atomic E-state index is 8.85. The zero-order valence-corrected chi connectivity index (χ0v) is 20.7. The lowest BCUT2D eigenvalue weighted by Gasteiger charge is -2.25. The molecule has 0 spiro atoms. The molecule has 11 heteroatoms. The smallest absolute Gasteiger partial charge is 0.231 e. The molecule has 3 aromatic heterocycles. The molecule has 0 fully saturated rings. The molecule has 3 aromatic rings. The topological polar surface area (TPSA) is 127 Å². The van der Waals surface area contributed by atoms with Crippen LogP contribution in [0.25, 0.3) is 10.3 Å². The van der Waals surface area contributed by atoms with E-state index in [0.29, 0.717) is 24.2 Å². The van der Waals surface area contributed by atoms with Crippen molar-refractivity contribution in [2.24, 2.45) is 0 Å². The second-order valence-electron chi connectivity index (χ2n) is 7.71. The molecule has 32 heavy (non-hydrogen) atoms. The first-order chi connectivity index (χ1) is 15.6. The van der Waals surface area contributed by atoms with Gasteiger partial charge in [0.15, 0.2) is 16.5 Å². The molecular formula is C21H32N9PS. The number of hydrogen-bond donors (Lipinski definition) is 4. The van der Waals surface area contributed by atoms with Crippen LogP contribution in [0, 0.1) is 18.3 Å². The lowest BCUT2D eigenvalue weighted by atomic mass is 10.1. The summed E-state index contributed by atoms with van der Waals surface area (Å²) in [7, 11) is 0.896. The van der Waals surface area contributed by atoms with Crippen LogP contribution in [0.1, 0.15) is 45.2 Å². The molecule has 0 aliphatic rings. The van der Waals surface area contributed by atoms with Gasteiger partial charge in [0, 0.05) is 36.8 Å². The van der Waals surface area contributed by atoms with Gasteiger partial charge in [-0.1, -0.05) is 20.3 Å². The van der Waals surface area contributed by atoms with E-state index in [1.807, 2.05) is 13.0 Å². The molecule has 3 heterocycles. The van der Waals surface area contributed by atoms with E-state index in [2.05, 4.69) is 56.0 Å². The zero-order chi connectivity index (χ0) is 22.8. The van der Waals surface area contributed by atoms with Crippen molar-refractivity contribution in [3.8, 4) is 6.07 Å². The summed E-state index contributed by atoms with van der Waals surface area (Å²) in [5, 5.41) is 26.4. The van der Waals surface area contributed by atoms with Gasteiger partial charge in [-0.3, -0.25) is 5.10 Å². The van der Waals surface area contributed by atoms with E-state index < -0.39 is 0 Å². The molecular weight excluding hydrogens is 441 g/mol. The van der Waals surface area contributed by atoms with Crippen molar-refractivity contribution in [2.75, 3.05) is 29.5 Å². The normalized spacial score (nSPS) is 13.4. The van der Waals surface area contributed by atoms with Crippen LogP contribution in [0.2, 0.25) is 0 Å². The molecule has 0 aliphatic carbocycles. The molecule has 4 N–H and O–H groups in total. The highest BCUT2D eigenvalue weighted by atomic mass is 32.1. The number of nitriles is 1. The van der Waals surface area contributed by atoms with E-state index in [9.17, 15) is 0 Å². The number of hydrogen-bond acceptors (Lipinski definition) is 9. The maximum atomic E-state index is 8.85. The summed E-state index contributed by atoms with van der Waals surface area (Å²) < 4.78 is 0. The number of aromatic nitrogens is 5. The highest BCUT2D eigenvalue weighted by Crippen LogP contribution is 2.27. The van der Waals surface area contributed by atoms with Gasteiger partial charge in [-0.2, -0.15) is 20.3 Å². The molecule has 9 nitrogen and oxygen atoms in total. The molecule has 0 radical (unpaired) electrons. The third kappa shape index (κ3) is 7.09. The summed E-state index contributed by atoms with van der Waals surface area (Å²) >= 11 is 1.50. The van der Waals surface area contributed by atoms with Crippen molar-refractivity contribution in [3.63, 3.8) is 0 Å². The SMILES string of the molecule is CCCPCC(CC(CC)NCCC#N)Nc1nc(Nc2cc(C)[nH]n2)nc2scnc12. The highest BCUT2D eigenvalue weighted by Gasteiger charge is 2.19. The van der Waals surface area contributed by atoms with Crippen LogP contribution in [0.5, 0.6) is 0 Å². The first-order valence-corrected chi connectivity index (χ1v) is 13.4. The van der Waals surface area contributed by atoms with Gasteiger partial charge in [-0.15, -0.1) is 19.9 Å². The van der Waals surface area contributed by atoms with Crippen molar-refractivity contribution < 1.29 is 0 Å². The minimum Gasteiger partial charge on any atom is -0.365 e. The Balaban J connectivity index is 1.79. The second-order valence-corrected chi connectivity index (χ2v) is 9.95. The molecule has 3 unspecified atom stereocenters. The Morgan fingerprint density at radius 3 is 2.88 bits per heavy atom. The van der Waals surface area contributed by atoms with Gasteiger partial charge in [-0.25, -0.2) is 4.98 Å². The number of rotatable bonds is 14. The number of thiazole rings is 1. The van der Waals surface area contributed by atoms with E-state index in [4.69, 9.17) is 10.2 Å². The van der Waals surface area contributed by atoms with Crippen LogP contribution in [-0.2, 0) is 0 Å². The summed E-state index contributed by atoms with van der Waals surface area (Å²) in [5.41, 5.74) is 3.57. The van der Waals surface area contributed by atoms with E-state index in [0.717, 1.165) is 56.0 Å². The fourth-order valence-corrected chi connectivity index (χ4v) is 5.26.